The molecule has 0 aromatic rings. The highest BCUT2D eigenvalue weighted by atomic mass is 16.3. The number of fused-ring (bicyclic) bond motifs is 1. The molecule has 98 valence electrons. The summed E-state index contributed by atoms with van der Waals surface area (Å²) < 4.78 is 0. The van der Waals surface area contributed by atoms with Crippen LogP contribution in [-0.4, -0.2) is 28.8 Å². The van der Waals surface area contributed by atoms with Crippen LogP contribution in [0.5, 0.6) is 0 Å². The predicted molar refractivity (Wildman–Crippen MR) is 69.8 cm³/mol. The van der Waals surface area contributed by atoms with Gasteiger partial charge in [-0.05, 0) is 24.8 Å². The number of rotatable bonds is 2. The summed E-state index contributed by atoms with van der Waals surface area (Å²) in [6.45, 7) is 0.0389. The number of aliphatic hydroxyl groups is 1. The standard InChI is InChI=1S/C14H21N3O/c18-10-12-8-5-9-13-14(15-16-17(12)13)11-6-3-1-2-4-7-11/h5,8-9,11,13-14,18H,1-4,6-7,10H2/t13?,14-/m0/s1. The summed E-state index contributed by atoms with van der Waals surface area (Å²) in [4.78, 5) is 0. The first-order chi connectivity index (χ1) is 8.90. The van der Waals surface area contributed by atoms with Crippen LogP contribution in [0.2, 0.25) is 0 Å². The molecule has 3 aliphatic rings. The molecule has 0 aromatic carbocycles. The van der Waals surface area contributed by atoms with Crippen LogP contribution in [-0.2, 0) is 0 Å². The Morgan fingerprint density at radius 1 is 1.22 bits per heavy atom. The first kappa shape index (κ1) is 11.9. The third-order valence-electron chi connectivity index (χ3n) is 4.35. The van der Waals surface area contributed by atoms with Crippen molar-refractivity contribution in [2.75, 3.05) is 6.61 Å². The van der Waals surface area contributed by atoms with E-state index in [0.717, 1.165) is 5.70 Å². The third-order valence-corrected chi connectivity index (χ3v) is 4.35. The van der Waals surface area contributed by atoms with E-state index in [1.54, 1.807) is 0 Å². The van der Waals surface area contributed by atoms with Gasteiger partial charge in [0, 0.05) is 0 Å². The van der Waals surface area contributed by atoms with Crippen molar-refractivity contribution in [3.63, 3.8) is 0 Å². The molecule has 1 aliphatic carbocycles. The van der Waals surface area contributed by atoms with E-state index in [1.165, 1.54) is 38.5 Å². The lowest BCUT2D eigenvalue weighted by molar-refractivity contribution is 0.222. The molecular formula is C14H21N3O. The lowest BCUT2D eigenvalue weighted by Gasteiger charge is -2.30. The minimum absolute atomic E-state index is 0.0389. The van der Waals surface area contributed by atoms with Gasteiger partial charge < -0.3 is 5.11 Å². The van der Waals surface area contributed by atoms with E-state index in [2.05, 4.69) is 16.4 Å². The second-order valence-electron chi connectivity index (χ2n) is 5.48. The maximum absolute atomic E-state index is 9.33. The summed E-state index contributed by atoms with van der Waals surface area (Å²) in [5.41, 5.74) is 0.863. The molecule has 0 radical (unpaired) electrons. The van der Waals surface area contributed by atoms with Crippen molar-refractivity contribution in [3.8, 4) is 0 Å². The SMILES string of the molecule is OCC1=CC=CC2[C@H](C3CCCCCC3)N=NN12. The molecule has 18 heavy (non-hydrogen) atoms. The van der Waals surface area contributed by atoms with Crippen molar-refractivity contribution >= 4 is 0 Å². The van der Waals surface area contributed by atoms with Gasteiger partial charge in [-0.15, -0.1) is 0 Å². The van der Waals surface area contributed by atoms with Crippen molar-refractivity contribution in [3.05, 3.63) is 23.9 Å². The van der Waals surface area contributed by atoms with Gasteiger partial charge in [-0.3, -0.25) is 0 Å². The summed E-state index contributed by atoms with van der Waals surface area (Å²) in [5, 5.41) is 20.0. The molecule has 3 rings (SSSR count). The van der Waals surface area contributed by atoms with Crippen molar-refractivity contribution in [2.24, 2.45) is 16.3 Å². The summed E-state index contributed by atoms with van der Waals surface area (Å²) in [6, 6.07) is 0.523. The average Bonchev–Trinajstić information content (AvgIpc) is 2.66. The Morgan fingerprint density at radius 2 is 2.00 bits per heavy atom. The predicted octanol–water partition coefficient (Wildman–Crippen LogP) is 2.82. The Kier molecular flexibility index (Phi) is 3.46. The maximum atomic E-state index is 9.33. The molecule has 0 amide bonds. The van der Waals surface area contributed by atoms with Gasteiger partial charge in [-0.1, -0.05) is 43.1 Å². The zero-order valence-corrected chi connectivity index (χ0v) is 10.7. The first-order valence-electron chi connectivity index (χ1n) is 7.08. The fraction of sp³-hybridized carbons (Fsp3) is 0.714. The number of hydrogen-bond acceptors (Lipinski definition) is 4. The monoisotopic (exact) mass is 247 g/mol. The van der Waals surface area contributed by atoms with Crippen LogP contribution in [0.25, 0.3) is 0 Å². The minimum Gasteiger partial charge on any atom is -0.390 e. The Morgan fingerprint density at radius 3 is 2.72 bits per heavy atom. The van der Waals surface area contributed by atoms with Gasteiger partial charge in [-0.2, -0.15) is 5.11 Å². The second kappa shape index (κ2) is 5.22. The third kappa shape index (κ3) is 2.09. The fourth-order valence-electron chi connectivity index (χ4n) is 3.34. The Bertz CT molecular complexity index is 381. The van der Waals surface area contributed by atoms with E-state index < -0.39 is 0 Å². The molecule has 2 aliphatic heterocycles. The summed E-state index contributed by atoms with van der Waals surface area (Å²) in [7, 11) is 0. The average molecular weight is 247 g/mol. The van der Waals surface area contributed by atoms with Crippen LogP contribution >= 0.6 is 0 Å². The zero-order valence-electron chi connectivity index (χ0n) is 10.7. The van der Waals surface area contributed by atoms with Crippen LogP contribution < -0.4 is 0 Å². The topological polar surface area (TPSA) is 48.2 Å². The number of nitrogens with zero attached hydrogens (tertiary/aromatic N) is 3. The normalized spacial score (nSPS) is 32.3. The molecule has 2 heterocycles. The molecule has 1 fully saturated rings. The molecule has 4 nitrogen and oxygen atoms in total. The van der Waals surface area contributed by atoms with Crippen LogP contribution in [0, 0.1) is 5.92 Å². The zero-order chi connectivity index (χ0) is 12.4. The fourth-order valence-corrected chi connectivity index (χ4v) is 3.34. The Balaban J connectivity index is 1.74. The van der Waals surface area contributed by atoms with Gasteiger partial charge in [0.15, 0.2) is 0 Å². The van der Waals surface area contributed by atoms with Gasteiger partial charge in [0.1, 0.15) is 6.04 Å². The van der Waals surface area contributed by atoms with Crippen molar-refractivity contribution in [2.45, 2.75) is 50.6 Å². The van der Waals surface area contributed by atoms with Gasteiger partial charge in [-0.25, -0.2) is 5.01 Å². The van der Waals surface area contributed by atoms with Gasteiger partial charge >= 0.3 is 0 Å². The van der Waals surface area contributed by atoms with E-state index in [0.29, 0.717) is 5.92 Å². The van der Waals surface area contributed by atoms with E-state index in [-0.39, 0.29) is 18.7 Å². The van der Waals surface area contributed by atoms with Gasteiger partial charge in [0.2, 0.25) is 0 Å². The summed E-state index contributed by atoms with van der Waals surface area (Å²) >= 11 is 0. The lowest BCUT2D eigenvalue weighted by Crippen LogP contribution is -2.38. The largest absolute Gasteiger partial charge is 0.390 e. The molecule has 1 unspecified atom stereocenters. The smallest absolute Gasteiger partial charge is 0.102 e. The second-order valence-corrected chi connectivity index (χ2v) is 5.48. The van der Waals surface area contributed by atoms with E-state index in [9.17, 15) is 5.11 Å². The van der Waals surface area contributed by atoms with Crippen LogP contribution in [0.3, 0.4) is 0 Å². The number of hydrogen-bond donors (Lipinski definition) is 1. The quantitative estimate of drug-likeness (QED) is 0.763. The molecule has 2 atom stereocenters. The van der Waals surface area contributed by atoms with E-state index >= 15 is 0 Å². The highest BCUT2D eigenvalue weighted by Crippen LogP contribution is 2.36. The van der Waals surface area contributed by atoms with Crippen LogP contribution in [0.1, 0.15) is 38.5 Å². The van der Waals surface area contributed by atoms with Crippen LogP contribution in [0.15, 0.2) is 34.3 Å². The Hall–Kier alpha value is -1.16. The Labute approximate surface area is 108 Å². The molecule has 1 saturated carbocycles. The summed E-state index contributed by atoms with van der Waals surface area (Å²) in [6.07, 6.45) is 14.1. The lowest BCUT2D eigenvalue weighted by atomic mass is 9.87. The van der Waals surface area contributed by atoms with Crippen LogP contribution in [0.4, 0.5) is 0 Å². The minimum atomic E-state index is 0.0389. The van der Waals surface area contributed by atoms with Gasteiger partial charge in [0.25, 0.3) is 0 Å². The van der Waals surface area contributed by atoms with Crippen molar-refractivity contribution in [1.29, 1.82) is 0 Å². The molecule has 0 bridgehead atoms. The highest BCUT2D eigenvalue weighted by Gasteiger charge is 2.38. The molecular weight excluding hydrogens is 226 g/mol. The molecule has 4 heteroatoms. The molecule has 0 aromatic heterocycles. The van der Waals surface area contributed by atoms with E-state index in [4.69, 9.17) is 0 Å². The van der Waals surface area contributed by atoms with Gasteiger partial charge in [0.05, 0.1) is 18.3 Å². The van der Waals surface area contributed by atoms with Crippen molar-refractivity contribution in [1.82, 2.24) is 5.01 Å². The molecule has 1 N–H and O–H groups in total. The molecule has 0 spiro atoms. The summed E-state index contributed by atoms with van der Waals surface area (Å²) in [5.74, 6) is 0.661. The van der Waals surface area contributed by atoms with Crippen molar-refractivity contribution < 1.29 is 5.11 Å². The number of aliphatic hydroxyl groups excluding tert-OH is 1. The maximum Gasteiger partial charge on any atom is 0.102 e. The number of allylic oxidation sites excluding steroid dienone is 2. The first-order valence-corrected chi connectivity index (χ1v) is 7.08. The van der Waals surface area contributed by atoms with E-state index in [1.807, 2.05) is 17.2 Å². The highest BCUT2D eigenvalue weighted by molar-refractivity contribution is 5.23. The molecule has 0 saturated heterocycles.